The molecule has 0 spiro atoms. The number of rotatable bonds is 4. The smallest absolute Gasteiger partial charge is 0.254 e. The average Bonchev–Trinajstić information content (AvgIpc) is 2.30. The molecule has 0 saturated carbocycles. The van der Waals surface area contributed by atoms with Crippen molar-refractivity contribution in [3.63, 3.8) is 0 Å². The maximum Gasteiger partial charge on any atom is 0.254 e. The molecule has 1 atom stereocenters. The molecule has 0 bridgehead atoms. The predicted octanol–water partition coefficient (Wildman–Crippen LogP) is 2.46. The summed E-state index contributed by atoms with van der Waals surface area (Å²) in [6, 6.07) is 3.35. The lowest BCUT2D eigenvalue weighted by Gasteiger charge is -2.31. The maximum absolute atomic E-state index is 13.5. The molecule has 106 valence electrons. The number of carbonyl (C=O) groups excluding carboxylic acids is 1. The van der Waals surface area contributed by atoms with Crippen LogP contribution >= 0.6 is 0 Å². The lowest BCUT2D eigenvalue weighted by atomic mass is 9.84. The van der Waals surface area contributed by atoms with Crippen LogP contribution in [0.4, 0.5) is 8.78 Å². The highest BCUT2D eigenvalue weighted by Gasteiger charge is 2.27. The van der Waals surface area contributed by atoms with Crippen LogP contribution in [0, 0.1) is 17.0 Å². The number of hydrogen-bond donors (Lipinski definition) is 2. The van der Waals surface area contributed by atoms with E-state index in [0.717, 1.165) is 6.07 Å². The summed E-state index contributed by atoms with van der Waals surface area (Å²) in [5.74, 6) is -2.77. The van der Waals surface area contributed by atoms with E-state index in [-0.39, 0.29) is 17.0 Å². The molecule has 1 aromatic carbocycles. The number of carbonyl (C=O) groups is 1. The van der Waals surface area contributed by atoms with Crippen LogP contribution in [-0.2, 0) is 0 Å². The monoisotopic (exact) mass is 270 g/mol. The number of nitrogens with two attached hydrogens (primary N) is 1. The van der Waals surface area contributed by atoms with Crippen molar-refractivity contribution in [3.8, 4) is 0 Å². The molecule has 1 unspecified atom stereocenters. The average molecular weight is 270 g/mol. The fourth-order valence-corrected chi connectivity index (χ4v) is 1.80. The third-order valence-electron chi connectivity index (χ3n) is 3.00. The van der Waals surface area contributed by atoms with Gasteiger partial charge in [0.1, 0.15) is 0 Å². The lowest BCUT2D eigenvalue weighted by Crippen LogP contribution is -2.45. The second kappa shape index (κ2) is 6.10. The van der Waals surface area contributed by atoms with E-state index in [1.54, 1.807) is 0 Å². The molecule has 1 rings (SSSR count). The molecule has 0 aromatic heterocycles. The summed E-state index contributed by atoms with van der Waals surface area (Å²) in [6.07, 6.45) is 0.576. The molecular formula is C14H20F2N2O. The minimum Gasteiger partial charge on any atom is -0.349 e. The molecule has 0 radical (unpaired) electrons. The van der Waals surface area contributed by atoms with Crippen LogP contribution in [0.25, 0.3) is 0 Å². The summed E-state index contributed by atoms with van der Waals surface area (Å²) < 4.78 is 26.6. The molecule has 19 heavy (non-hydrogen) atoms. The summed E-state index contributed by atoms with van der Waals surface area (Å²) in [5, 5.41) is 2.72. The van der Waals surface area contributed by atoms with Crippen molar-refractivity contribution in [3.05, 3.63) is 35.4 Å². The molecule has 3 N–H and O–H groups in total. The fourth-order valence-electron chi connectivity index (χ4n) is 1.80. The zero-order valence-corrected chi connectivity index (χ0v) is 11.5. The molecule has 5 heteroatoms. The first-order valence-electron chi connectivity index (χ1n) is 6.22. The van der Waals surface area contributed by atoms with Crippen molar-refractivity contribution in [2.24, 2.45) is 11.1 Å². The second-order valence-electron chi connectivity index (χ2n) is 5.57. The van der Waals surface area contributed by atoms with Crippen molar-refractivity contribution in [2.45, 2.75) is 33.2 Å². The minimum absolute atomic E-state index is 0.201. The Morgan fingerprint density at radius 3 is 2.53 bits per heavy atom. The largest absolute Gasteiger partial charge is 0.349 e. The van der Waals surface area contributed by atoms with Gasteiger partial charge in [0.15, 0.2) is 11.6 Å². The summed E-state index contributed by atoms with van der Waals surface area (Å²) in [6.45, 7) is 6.27. The van der Waals surface area contributed by atoms with E-state index in [1.807, 2.05) is 20.8 Å². The molecule has 0 saturated heterocycles. The summed E-state index contributed by atoms with van der Waals surface area (Å²) in [4.78, 5) is 12.0. The van der Waals surface area contributed by atoms with Gasteiger partial charge < -0.3 is 11.1 Å². The van der Waals surface area contributed by atoms with Crippen molar-refractivity contribution in [1.82, 2.24) is 5.32 Å². The van der Waals surface area contributed by atoms with Crippen molar-refractivity contribution >= 4 is 5.91 Å². The molecule has 0 aliphatic heterocycles. The Balaban J connectivity index is 2.91. The van der Waals surface area contributed by atoms with Crippen LogP contribution in [0.2, 0.25) is 0 Å². The molecule has 0 heterocycles. The Kier molecular flexibility index (Phi) is 5.00. The van der Waals surface area contributed by atoms with Crippen LogP contribution in [0.3, 0.4) is 0 Å². The summed E-state index contributed by atoms with van der Waals surface area (Å²) in [5.41, 5.74) is 5.01. The van der Waals surface area contributed by atoms with E-state index in [0.29, 0.717) is 13.0 Å². The second-order valence-corrected chi connectivity index (χ2v) is 5.57. The van der Waals surface area contributed by atoms with Crippen LogP contribution in [0.5, 0.6) is 0 Å². The van der Waals surface area contributed by atoms with Crippen LogP contribution < -0.4 is 11.1 Å². The molecule has 0 aliphatic carbocycles. The first kappa shape index (κ1) is 15.6. The zero-order valence-electron chi connectivity index (χ0n) is 11.5. The van der Waals surface area contributed by atoms with Crippen molar-refractivity contribution in [2.75, 3.05) is 6.54 Å². The molecular weight excluding hydrogens is 250 g/mol. The van der Waals surface area contributed by atoms with Gasteiger partial charge in [-0.3, -0.25) is 4.79 Å². The quantitative estimate of drug-likeness (QED) is 0.883. The number of benzene rings is 1. The van der Waals surface area contributed by atoms with Gasteiger partial charge in [0.05, 0.1) is 5.56 Å². The van der Waals surface area contributed by atoms with Crippen LogP contribution in [0.1, 0.15) is 37.6 Å². The number of amides is 1. The summed E-state index contributed by atoms with van der Waals surface area (Å²) >= 11 is 0. The number of nitrogens with one attached hydrogen (secondary N) is 1. The van der Waals surface area contributed by atoms with Gasteiger partial charge in [0.2, 0.25) is 0 Å². The standard InChI is InChI=1S/C14H20F2N2O/c1-14(2,3)11(7-8-17)18-13(19)9-5-4-6-10(15)12(9)16/h4-6,11H,7-8,17H2,1-3H3,(H,18,19). The van der Waals surface area contributed by atoms with Gasteiger partial charge in [-0.1, -0.05) is 26.8 Å². The summed E-state index contributed by atoms with van der Waals surface area (Å²) in [7, 11) is 0. The topological polar surface area (TPSA) is 55.1 Å². The van der Waals surface area contributed by atoms with Gasteiger partial charge in [0.25, 0.3) is 5.91 Å². The number of halogens is 2. The SMILES string of the molecule is CC(C)(C)C(CCN)NC(=O)c1cccc(F)c1F. The Bertz CT molecular complexity index is 455. The predicted molar refractivity (Wildman–Crippen MR) is 70.7 cm³/mol. The van der Waals surface area contributed by atoms with Gasteiger partial charge in [-0.15, -0.1) is 0 Å². The van der Waals surface area contributed by atoms with Crippen LogP contribution in [0.15, 0.2) is 18.2 Å². The molecule has 0 aliphatic rings. The lowest BCUT2D eigenvalue weighted by molar-refractivity contribution is 0.0893. The molecule has 1 amide bonds. The zero-order chi connectivity index (χ0) is 14.6. The van der Waals surface area contributed by atoms with E-state index < -0.39 is 17.5 Å². The Labute approximate surface area is 112 Å². The Morgan fingerprint density at radius 1 is 1.37 bits per heavy atom. The third-order valence-corrected chi connectivity index (χ3v) is 3.00. The molecule has 1 aromatic rings. The van der Waals surface area contributed by atoms with E-state index in [4.69, 9.17) is 5.73 Å². The van der Waals surface area contributed by atoms with E-state index in [9.17, 15) is 13.6 Å². The Morgan fingerprint density at radius 2 is 2.00 bits per heavy atom. The van der Waals surface area contributed by atoms with Gasteiger partial charge in [-0.2, -0.15) is 0 Å². The highest BCUT2D eigenvalue weighted by molar-refractivity contribution is 5.94. The molecule has 0 fully saturated rings. The van der Waals surface area contributed by atoms with Gasteiger partial charge in [0, 0.05) is 6.04 Å². The first-order chi connectivity index (χ1) is 8.77. The normalized spacial score (nSPS) is 13.2. The molecule has 3 nitrogen and oxygen atoms in total. The van der Waals surface area contributed by atoms with Gasteiger partial charge in [-0.25, -0.2) is 8.78 Å². The maximum atomic E-state index is 13.5. The third kappa shape index (κ3) is 3.99. The van der Waals surface area contributed by atoms with Crippen molar-refractivity contribution < 1.29 is 13.6 Å². The van der Waals surface area contributed by atoms with E-state index in [1.165, 1.54) is 12.1 Å². The number of hydrogen-bond acceptors (Lipinski definition) is 2. The highest BCUT2D eigenvalue weighted by Crippen LogP contribution is 2.22. The fraction of sp³-hybridized carbons (Fsp3) is 0.500. The van der Waals surface area contributed by atoms with Gasteiger partial charge in [-0.05, 0) is 30.5 Å². The highest BCUT2D eigenvalue weighted by atomic mass is 19.2. The van der Waals surface area contributed by atoms with Gasteiger partial charge >= 0.3 is 0 Å². The minimum atomic E-state index is -1.12. The Hall–Kier alpha value is -1.49. The first-order valence-corrected chi connectivity index (χ1v) is 6.22. The van der Waals surface area contributed by atoms with Crippen molar-refractivity contribution in [1.29, 1.82) is 0 Å². The van der Waals surface area contributed by atoms with E-state index >= 15 is 0 Å². The van der Waals surface area contributed by atoms with E-state index in [2.05, 4.69) is 5.32 Å². The van der Waals surface area contributed by atoms with Crippen LogP contribution in [-0.4, -0.2) is 18.5 Å².